The molecule has 0 spiro atoms. The molecule has 1 aromatic carbocycles. The van der Waals surface area contributed by atoms with Gasteiger partial charge in [-0.3, -0.25) is 10.2 Å². The fraction of sp³-hybridized carbons (Fsp3) is 0.214. The maximum absolute atomic E-state index is 11.0. The zero-order valence-electron chi connectivity index (χ0n) is 13.0. The number of nitrogens with one attached hydrogen (secondary N) is 2. The van der Waals surface area contributed by atoms with E-state index in [1.807, 2.05) is 0 Å². The van der Waals surface area contributed by atoms with Gasteiger partial charge in [-0.2, -0.15) is 10.2 Å². The molecule has 0 saturated heterocycles. The first-order chi connectivity index (χ1) is 10.4. The minimum absolute atomic E-state index is 0. The Balaban J connectivity index is 0.00000264. The Morgan fingerprint density at radius 2 is 1.87 bits per heavy atom. The van der Waals surface area contributed by atoms with Crippen molar-refractivity contribution in [2.24, 2.45) is 16.0 Å². The number of nitrogens with two attached hydrogens (primary N) is 1. The number of amides is 1. The minimum Gasteiger partial charge on any atom is -0.368 e. The molecular formula is C14H18ClN7O. The van der Waals surface area contributed by atoms with E-state index in [0.29, 0.717) is 28.5 Å². The molecule has 0 radical (unpaired) electrons. The highest BCUT2D eigenvalue weighted by Crippen LogP contribution is 2.25. The largest absolute Gasteiger partial charge is 0.368 e. The monoisotopic (exact) mass is 335 g/mol. The number of anilines is 1. The Hall–Kier alpha value is -2.74. The van der Waals surface area contributed by atoms with Gasteiger partial charge < -0.3 is 11.1 Å². The molecule has 0 aliphatic rings. The number of carbonyl (C=O) groups is 1. The van der Waals surface area contributed by atoms with E-state index in [-0.39, 0.29) is 24.3 Å². The van der Waals surface area contributed by atoms with Gasteiger partial charge in [0.1, 0.15) is 5.69 Å². The number of nitrogens with zero attached hydrogens (tertiary/aromatic N) is 4. The molecular weight excluding hydrogens is 318 g/mol. The summed E-state index contributed by atoms with van der Waals surface area (Å²) in [6.45, 7) is 5.00. The Bertz CT molecular complexity index is 749. The summed E-state index contributed by atoms with van der Waals surface area (Å²) in [5, 5.41) is 22.6. The Morgan fingerprint density at radius 1 is 1.26 bits per heavy atom. The minimum atomic E-state index is -0.165. The number of aryl methyl sites for hydroxylation is 1. The SMILES string of the molecule is CC(=O)Nc1ccc(N=Nc2c(C)nn(C(=N)N)c2C)cc1.Cl. The fourth-order valence-corrected chi connectivity index (χ4v) is 1.94. The molecule has 1 aromatic heterocycles. The maximum atomic E-state index is 11.0. The fourth-order valence-electron chi connectivity index (χ4n) is 1.94. The quantitative estimate of drug-likeness (QED) is 0.454. The van der Waals surface area contributed by atoms with Crippen LogP contribution >= 0.6 is 12.4 Å². The number of azo groups is 1. The van der Waals surface area contributed by atoms with E-state index in [1.54, 1.807) is 38.1 Å². The van der Waals surface area contributed by atoms with Gasteiger partial charge >= 0.3 is 0 Å². The predicted octanol–water partition coefficient (Wildman–Crippen LogP) is 3.04. The first-order valence-corrected chi connectivity index (χ1v) is 6.58. The van der Waals surface area contributed by atoms with Gasteiger partial charge in [0.05, 0.1) is 17.1 Å². The Kier molecular flexibility index (Phi) is 5.97. The summed E-state index contributed by atoms with van der Waals surface area (Å²) in [6.07, 6.45) is 0. The van der Waals surface area contributed by atoms with E-state index in [1.165, 1.54) is 11.6 Å². The van der Waals surface area contributed by atoms with Crippen LogP contribution in [0.5, 0.6) is 0 Å². The third-order valence-electron chi connectivity index (χ3n) is 2.93. The molecule has 122 valence electrons. The van der Waals surface area contributed by atoms with Gasteiger partial charge in [-0.05, 0) is 38.1 Å². The van der Waals surface area contributed by atoms with E-state index in [4.69, 9.17) is 11.1 Å². The van der Waals surface area contributed by atoms with Crippen LogP contribution in [0.1, 0.15) is 18.3 Å². The lowest BCUT2D eigenvalue weighted by molar-refractivity contribution is -0.114. The molecule has 0 fully saturated rings. The summed E-state index contributed by atoms with van der Waals surface area (Å²) in [6, 6.07) is 6.98. The van der Waals surface area contributed by atoms with E-state index in [0.717, 1.165) is 0 Å². The van der Waals surface area contributed by atoms with Crippen molar-refractivity contribution in [3.05, 3.63) is 35.7 Å². The van der Waals surface area contributed by atoms with Crippen LogP contribution in [0.3, 0.4) is 0 Å². The van der Waals surface area contributed by atoms with Crippen molar-refractivity contribution in [1.82, 2.24) is 9.78 Å². The standard InChI is InChI=1S/C14H17N7O.ClH/c1-8-13(9(2)21(20-8)14(15)16)19-18-12-6-4-11(5-7-12)17-10(3)22;/h4-7H,1-3H3,(H3,15,16)(H,17,22);1H. The van der Waals surface area contributed by atoms with Crippen LogP contribution in [-0.2, 0) is 4.79 Å². The zero-order chi connectivity index (χ0) is 16.3. The molecule has 9 heteroatoms. The van der Waals surface area contributed by atoms with Gasteiger partial charge in [0.2, 0.25) is 11.9 Å². The molecule has 23 heavy (non-hydrogen) atoms. The molecule has 1 heterocycles. The normalized spacial score (nSPS) is 10.4. The number of hydrogen-bond acceptors (Lipinski definition) is 5. The topological polar surface area (TPSA) is 122 Å². The molecule has 0 atom stereocenters. The maximum Gasteiger partial charge on any atom is 0.221 e. The van der Waals surface area contributed by atoms with Crippen LogP contribution < -0.4 is 11.1 Å². The predicted molar refractivity (Wildman–Crippen MR) is 91.2 cm³/mol. The van der Waals surface area contributed by atoms with Crippen molar-refractivity contribution in [3.8, 4) is 0 Å². The molecule has 0 unspecified atom stereocenters. The molecule has 0 aliphatic heterocycles. The lowest BCUT2D eigenvalue weighted by Gasteiger charge is -2.01. The summed E-state index contributed by atoms with van der Waals surface area (Å²) in [5.41, 5.74) is 8.66. The van der Waals surface area contributed by atoms with Crippen molar-refractivity contribution < 1.29 is 4.79 Å². The van der Waals surface area contributed by atoms with Gasteiger partial charge in [-0.15, -0.1) is 17.5 Å². The highest BCUT2D eigenvalue weighted by atomic mass is 35.5. The zero-order valence-corrected chi connectivity index (χ0v) is 13.8. The molecule has 0 saturated carbocycles. The Labute approximate surface area is 139 Å². The summed E-state index contributed by atoms with van der Waals surface area (Å²) < 4.78 is 1.31. The highest BCUT2D eigenvalue weighted by molar-refractivity contribution is 5.88. The average molecular weight is 336 g/mol. The van der Waals surface area contributed by atoms with Crippen molar-refractivity contribution in [2.75, 3.05) is 5.32 Å². The average Bonchev–Trinajstić information content (AvgIpc) is 2.73. The van der Waals surface area contributed by atoms with Crippen LogP contribution in [0.2, 0.25) is 0 Å². The van der Waals surface area contributed by atoms with Gasteiger partial charge in [-0.1, -0.05) is 0 Å². The van der Waals surface area contributed by atoms with Gasteiger partial charge in [0, 0.05) is 12.6 Å². The molecule has 2 aromatic rings. The number of nitrogen functional groups attached to an aromatic ring is 1. The van der Waals surface area contributed by atoms with Crippen molar-refractivity contribution in [1.29, 1.82) is 5.41 Å². The molecule has 0 bridgehead atoms. The number of hydrogen-bond donors (Lipinski definition) is 3. The van der Waals surface area contributed by atoms with E-state index in [9.17, 15) is 4.79 Å². The molecule has 8 nitrogen and oxygen atoms in total. The van der Waals surface area contributed by atoms with Crippen molar-refractivity contribution in [2.45, 2.75) is 20.8 Å². The van der Waals surface area contributed by atoms with Gasteiger partial charge in [0.25, 0.3) is 0 Å². The van der Waals surface area contributed by atoms with E-state index >= 15 is 0 Å². The number of halogens is 1. The first-order valence-electron chi connectivity index (χ1n) is 6.58. The van der Waals surface area contributed by atoms with E-state index in [2.05, 4.69) is 20.6 Å². The van der Waals surface area contributed by atoms with Crippen LogP contribution in [0, 0.1) is 19.3 Å². The second kappa shape index (κ2) is 7.50. The number of carbonyl (C=O) groups excluding carboxylic acids is 1. The van der Waals surface area contributed by atoms with E-state index < -0.39 is 0 Å². The molecule has 0 aliphatic carbocycles. The lowest BCUT2D eigenvalue weighted by atomic mass is 10.3. The lowest BCUT2D eigenvalue weighted by Crippen LogP contribution is -2.22. The summed E-state index contributed by atoms with van der Waals surface area (Å²) >= 11 is 0. The van der Waals surface area contributed by atoms with Crippen LogP contribution in [0.4, 0.5) is 17.1 Å². The third-order valence-corrected chi connectivity index (χ3v) is 2.93. The second-order valence-corrected chi connectivity index (χ2v) is 4.74. The third kappa shape index (κ3) is 4.36. The smallest absolute Gasteiger partial charge is 0.221 e. The molecule has 4 N–H and O–H groups in total. The summed E-state index contributed by atoms with van der Waals surface area (Å²) in [5.74, 6) is -0.293. The second-order valence-electron chi connectivity index (χ2n) is 4.74. The summed E-state index contributed by atoms with van der Waals surface area (Å²) in [7, 11) is 0. The van der Waals surface area contributed by atoms with Crippen LogP contribution in [0.25, 0.3) is 0 Å². The number of benzene rings is 1. The molecule has 1 amide bonds. The number of rotatable bonds is 3. The summed E-state index contributed by atoms with van der Waals surface area (Å²) in [4.78, 5) is 11.0. The number of aromatic nitrogens is 2. The van der Waals surface area contributed by atoms with Crippen molar-refractivity contribution >= 4 is 41.3 Å². The van der Waals surface area contributed by atoms with Gasteiger partial charge in [-0.25, -0.2) is 4.68 Å². The Morgan fingerprint density at radius 3 is 2.35 bits per heavy atom. The van der Waals surface area contributed by atoms with Crippen molar-refractivity contribution in [3.63, 3.8) is 0 Å². The van der Waals surface area contributed by atoms with Gasteiger partial charge in [0.15, 0.2) is 0 Å². The van der Waals surface area contributed by atoms with Crippen LogP contribution in [0.15, 0.2) is 34.5 Å². The highest BCUT2D eigenvalue weighted by Gasteiger charge is 2.12. The first kappa shape index (κ1) is 18.3. The van der Waals surface area contributed by atoms with Crippen LogP contribution in [-0.4, -0.2) is 21.6 Å². The molecule has 2 rings (SSSR count).